The van der Waals surface area contributed by atoms with Crippen LogP contribution in [-0.4, -0.2) is 5.11 Å². The molecule has 3 atom stereocenters. The summed E-state index contributed by atoms with van der Waals surface area (Å²) in [4.78, 5) is 0. The molecule has 0 saturated heterocycles. The van der Waals surface area contributed by atoms with E-state index < -0.39 is 5.60 Å². The molecule has 0 radical (unpaired) electrons. The average Bonchev–Trinajstić information content (AvgIpc) is 2.84. The first-order valence-electron chi connectivity index (χ1n) is 6.40. The summed E-state index contributed by atoms with van der Waals surface area (Å²) in [5.41, 5.74) is 1.39. The summed E-state index contributed by atoms with van der Waals surface area (Å²) in [6.07, 6.45) is 3.19. The summed E-state index contributed by atoms with van der Waals surface area (Å²) in [6.45, 7) is 2.05. The number of aliphatic hydroxyl groups is 1. The second-order valence-corrected chi connectivity index (χ2v) is 5.67. The van der Waals surface area contributed by atoms with Crippen LogP contribution in [0.4, 0.5) is 0 Å². The minimum absolute atomic E-state index is 0.448. The molecule has 2 heteroatoms. The summed E-state index contributed by atoms with van der Waals surface area (Å²) < 4.78 is 5.93. The zero-order valence-corrected chi connectivity index (χ0v) is 9.94. The lowest BCUT2D eigenvalue weighted by Crippen LogP contribution is -2.24. The summed E-state index contributed by atoms with van der Waals surface area (Å²) in [6, 6.07) is 8.17. The van der Waals surface area contributed by atoms with E-state index >= 15 is 0 Å². The predicted octanol–water partition coefficient (Wildman–Crippen LogP) is 3.36. The molecule has 1 heterocycles. The van der Waals surface area contributed by atoms with Crippen molar-refractivity contribution in [2.24, 2.45) is 11.8 Å². The predicted molar refractivity (Wildman–Crippen MR) is 65.7 cm³/mol. The van der Waals surface area contributed by atoms with Gasteiger partial charge in [0.05, 0.1) is 0 Å². The zero-order valence-electron chi connectivity index (χ0n) is 9.94. The maximum Gasteiger partial charge on any atom is 0.137 e. The molecule has 0 bridgehead atoms. The molecular formula is C15H16O2. The molecule has 2 aromatic rings. The van der Waals surface area contributed by atoms with Crippen LogP contribution >= 0.6 is 0 Å². The summed E-state index contributed by atoms with van der Waals surface area (Å²) in [7, 11) is 0. The monoisotopic (exact) mass is 228 g/mol. The van der Waals surface area contributed by atoms with Gasteiger partial charge < -0.3 is 9.52 Å². The summed E-state index contributed by atoms with van der Waals surface area (Å²) >= 11 is 0. The lowest BCUT2D eigenvalue weighted by molar-refractivity contribution is 0.000907. The number of furan rings is 1. The largest absolute Gasteiger partial charge is 0.458 e. The van der Waals surface area contributed by atoms with E-state index in [0.29, 0.717) is 5.92 Å². The Kier molecular flexibility index (Phi) is 1.68. The molecule has 17 heavy (non-hydrogen) atoms. The zero-order chi connectivity index (χ0) is 11.6. The van der Waals surface area contributed by atoms with Gasteiger partial charge in [-0.25, -0.2) is 0 Å². The fraction of sp³-hybridized carbons (Fsp3) is 0.467. The normalized spacial score (nSPS) is 35.2. The fourth-order valence-electron chi connectivity index (χ4n) is 3.47. The molecule has 0 spiro atoms. The molecule has 2 aliphatic rings. The first-order chi connectivity index (χ1) is 8.18. The molecule has 0 aliphatic heterocycles. The third-order valence-electron chi connectivity index (χ3n) is 4.60. The van der Waals surface area contributed by atoms with Crippen LogP contribution in [0.25, 0.3) is 11.0 Å². The van der Waals surface area contributed by atoms with Crippen molar-refractivity contribution >= 4 is 11.0 Å². The Bertz CT molecular complexity index is 598. The highest BCUT2D eigenvalue weighted by Gasteiger charge is 2.59. The van der Waals surface area contributed by atoms with Crippen LogP contribution in [0.3, 0.4) is 0 Å². The van der Waals surface area contributed by atoms with Gasteiger partial charge in [0.25, 0.3) is 0 Å². The van der Waals surface area contributed by atoms with Crippen molar-refractivity contribution in [3.63, 3.8) is 0 Å². The van der Waals surface area contributed by atoms with Gasteiger partial charge in [0.1, 0.15) is 16.9 Å². The third-order valence-corrected chi connectivity index (χ3v) is 4.60. The second-order valence-electron chi connectivity index (χ2n) is 5.67. The van der Waals surface area contributed by atoms with Gasteiger partial charge in [-0.1, -0.05) is 18.2 Å². The molecule has 1 N–H and O–H groups in total. The smallest absolute Gasteiger partial charge is 0.137 e. The first kappa shape index (κ1) is 9.72. The highest BCUT2D eigenvalue weighted by atomic mass is 16.4. The third kappa shape index (κ3) is 1.19. The molecule has 4 rings (SSSR count). The number of benzene rings is 1. The summed E-state index contributed by atoms with van der Waals surface area (Å²) in [5.74, 6) is 1.98. The number of fused-ring (bicyclic) bond motifs is 2. The number of hydrogen-bond acceptors (Lipinski definition) is 2. The van der Waals surface area contributed by atoms with Crippen molar-refractivity contribution in [3.8, 4) is 0 Å². The van der Waals surface area contributed by atoms with E-state index in [1.165, 1.54) is 6.42 Å². The Morgan fingerprint density at radius 1 is 1.41 bits per heavy atom. The summed E-state index contributed by atoms with van der Waals surface area (Å²) in [5, 5.41) is 11.9. The van der Waals surface area contributed by atoms with E-state index in [2.05, 4.69) is 6.07 Å². The molecule has 2 aliphatic carbocycles. The van der Waals surface area contributed by atoms with E-state index in [4.69, 9.17) is 4.42 Å². The highest BCUT2D eigenvalue weighted by Crippen LogP contribution is 2.61. The topological polar surface area (TPSA) is 33.4 Å². The van der Waals surface area contributed by atoms with Crippen molar-refractivity contribution < 1.29 is 9.52 Å². The van der Waals surface area contributed by atoms with Crippen LogP contribution in [0.15, 0.2) is 28.7 Å². The van der Waals surface area contributed by atoms with E-state index in [0.717, 1.165) is 41.1 Å². The second kappa shape index (κ2) is 2.94. The van der Waals surface area contributed by atoms with Crippen LogP contribution < -0.4 is 0 Å². The van der Waals surface area contributed by atoms with Crippen molar-refractivity contribution in [1.82, 2.24) is 0 Å². The Hall–Kier alpha value is -1.28. The maximum atomic E-state index is 10.8. The van der Waals surface area contributed by atoms with E-state index in [1.54, 1.807) is 0 Å². The van der Waals surface area contributed by atoms with Gasteiger partial charge in [-0.05, 0) is 49.7 Å². The molecule has 1 aromatic carbocycles. The highest BCUT2D eigenvalue weighted by molar-refractivity contribution is 5.81. The van der Waals surface area contributed by atoms with Crippen LogP contribution in [0, 0.1) is 18.8 Å². The molecule has 3 unspecified atom stereocenters. The van der Waals surface area contributed by atoms with Crippen molar-refractivity contribution in [3.05, 3.63) is 35.6 Å². The lowest BCUT2D eigenvalue weighted by atomic mass is 9.94. The average molecular weight is 228 g/mol. The lowest BCUT2D eigenvalue weighted by Gasteiger charge is -2.21. The van der Waals surface area contributed by atoms with E-state index in [-0.39, 0.29) is 0 Å². The van der Waals surface area contributed by atoms with Gasteiger partial charge >= 0.3 is 0 Å². The number of rotatable bonds is 1. The number of hydrogen-bond donors (Lipinski definition) is 1. The molecule has 88 valence electrons. The van der Waals surface area contributed by atoms with Crippen LogP contribution in [0.5, 0.6) is 0 Å². The van der Waals surface area contributed by atoms with Gasteiger partial charge in [-0.3, -0.25) is 0 Å². The van der Waals surface area contributed by atoms with E-state index in [9.17, 15) is 5.11 Å². The standard InChI is InChI=1S/C15H16O2/c1-9-3-2-4-11-8-13(17-14(9)11)15(16)6-5-10-7-12(10)15/h2-4,8,10,12,16H,5-7H2,1H3. The Morgan fingerprint density at radius 2 is 2.29 bits per heavy atom. The Morgan fingerprint density at radius 3 is 2.94 bits per heavy atom. The fourth-order valence-corrected chi connectivity index (χ4v) is 3.47. The van der Waals surface area contributed by atoms with E-state index in [1.807, 2.05) is 25.1 Å². The van der Waals surface area contributed by atoms with Crippen molar-refractivity contribution in [1.29, 1.82) is 0 Å². The van der Waals surface area contributed by atoms with Crippen molar-refractivity contribution in [2.45, 2.75) is 31.8 Å². The number of aryl methyl sites for hydroxylation is 1. The first-order valence-corrected chi connectivity index (χ1v) is 6.40. The molecule has 2 fully saturated rings. The van der Waals surface area contributed by atoms with Gasteiger partial charge in [0.15, 0.2) is 0 Å². The molecule has 2 nitrogen and oxygen atoms in total. The molecular weight excluding hydrogens is 212 g/mol. The quantitative estimate of drug-likeness (QED) is 0.812. The molecule has 2 saturated carbocycles. The number of para-hydroxylation sites is 1. The van der Waals surface area contributed by atoms with Gasteiger partial charge in [-0.15, -0.1) is 0 Å². The Labute approximate surface area is 100 Å². The van der Waals surface area contributed by atoms with Crippen LogP contribution in [-0.2, 0) is 5.60 Å². The SMILES string of the molecule is Cc1cccc2cc(C3(O)CCC4CC43)oc12. The molecule has 1 aromatic heterocycles. The molecule has 0 amide bonds. The van der Waals surface area contributed by atoms with Gasteiger partial charge in [-0.2, -0.15) is 0 Å². The minimum atomic E-state index is -0.684. The Balaban J connectivity index is 1.89. The van der Waals surface area contributed by atoms with Crippen LogP contribution in [0.1, 0.15) is 30.6 Å². The van der Waals surface area contributed by atoms with Gasteiger partial charge in [0.2, 0.25) is 0 Å². The van der Waals surface area contributed by atoms with Gasteiger partial charge in [0, 0.05) is 5.39 Å². The van der Waals surface area contributed by atoms with Crippen molar-refractivity contribution in [2.75, 3.05) is 0 Å². The minimum Gasteiger partial charge on any atom is -0.458 e. The maximum absolute atomic E-state index is 10.8. The van der Waals surface area contributed by atoms with Crippen LogP contribution in [0.2, 0.25) is 0 Å².